The zero-order chi connectivity index (χ0) is 6.41. The van der Waals surface area contributed by atoms with Gasteiger partial charge in [0.2, 0.25) is 0 Å². The largest absolute Gasteiger partial charge is 0.179 e. The van der Waals surface area contributed by atoms with Crippen molar-refractivity contribution in [1.82, 2.24) is 0 Å². The molecule has 0 aliphatic heterocycles. The molecule has 3 heteroatoms. The number of thiol groups is 1. The van der Waals surface area contributed by atoms with Crippen LogP contribution in [0, 0.1) is 0 Å². The second-order valence-corrected chi connectivity index (χ2v) is 3.33. The summed E-state index contributed by atoms with van der Waals surface area (Å²) in [7, 11) is 0. The van der Waals surface area contributed by atoms with E-state index in [0.717, 1.165) is 25.0 Å². The highest BCUT2D eigenvalue weighted by Gasteiger charge is 1.95. The van der Waals surface area contributed by atoms with Crippen LogP contribution >= 0.6 is 35.8 Å². The fourth-order valence-corrected chi connectivity index (χ4v) is 0.943. The molecule has 0 amide bonds. The van der Waals surface area contributed by atoms with Gasteiger partial charge in [-0.1, -0.05) is 0 Å². The van der Waals surface area contributed by atoms with Crippen molar-refractivity contribution in [3.8, 4) is 0 Å². The van der Waals surface area contributed by atoms with Gasteiger partial charge in [-0.2, -0.15) is 12.6 Å². The van der Waals surface area contributed by atoms with E-state index in [1.54, 1.807) is 0 Å². The average molecular weight is 173 g/mol. The Hall–Kier alpha value is 0.930. The normalized spacial score (nSPS) is 10.5. The van der Waals surface area contributed by atoms with Gasteiger partial charge in [0.1, 0.15) is 4.84 Å². The Labute approximate surface area is 66.0 Å². The molecule has 0 aromatic carbocycles. The van der Waals surface area contributed by atoms with Gasteiger partial charge in [0.25, 0.3) is 0 Å². The highest BCUT2D eigenvalue weighted by molar-refractivity contribution is 7.80. The summed E-state index contributed by atoms with van der Waals surface area (Å²) in [5, 5.41) is 0. The first-order valence-electron chi connectivity index (χ1n) is 2.66. The summed E-state index contributed by atoms with van der Waals surface area (Å²) in [5.74, 6) is 0.931. The molecule has 0 bridgehead atoms. The predicted octanol–water partition coefficient (Wildman–Crippen LogP) is 2.89. The van der Waals surface area contributed by atoms with Crippen molar-refractivity contribution < 1.29 is 0 Å². The summed E-state index contributed by atoms with van der Waals surface area (Å²) in [5.41, 5.74) is 0. The molecule has 0 aromatic rings. The minimum Gasteiger partial charge on any atom is -0.179 e. The zero-order valence-electron chi connectivity index (χ0n) is 4.61. The molecule has 0 unspecified atom stereocenters. The number of hydrogen-bond donors (Lipinski definition) is 1. The first-order valence-corrected chi connectivity index (χ1v) is 4.17. The Kier molecular flexibility index (Phi) is 6.76. The summed E-state index contributed by atoms with van der Waals surface area (Å²) in [4.78, 5) is -0.185. The van der Waals surface area contributed by atoms with Crippen molar-refractivity contribution >= 4 is 35.8 Å². The van der Waals surface area contributed by atoms with E-state index in [0.29, 0.717) is 0 Å². The summed E-state index contributed by atoms with van der Waals surface area (Å²) in [6, 6.07) is 0. The first-order chi connectivity index (χ1) is 3.77. The Morgan fingerprint density at radius 1 is 1.25 bits per heavy atom. The quantitative estimate of drug-likeness (QED) is 0.377. The highest BCUT2D eigenvalue weighted by atomic mass is 35.5. The lowest BCUT2D eigenvalue weighted by Gasteiger charge is -1.96. The Morgan fingerprint density at radius 2 is 1.88 bits per heavy atom. The lowest BCUT2D eigenvalue weighted by atomic mass is 10.3. The van der Waals surface area contributed by atoms with Crippen molar-refractivity contribution in [2.45, 2.75) is 24.1 Å². The summed E-state index contributed by atoms with van der Waals surface area (Å²) >= 11 is 14.9. The van der Waals surface area contributed by atoms with Crippen LogP contribution in [-0.2, 0) is 0 Å². The molecule has 0 saturated carbocycles. The highest BCUT2D eigenvalue weighted by Crippen LogP contribution is 2.10. The van der Waals surface area contributed by atoms with Gasteiger partial charge < -0.3 is 0 Å². The third-order valence-corrected chi connectivity index (χ3v) is 1.58. The fraction of sp³-hybridized carbons (Fsp3) is 1.00. The molecule has 0 heterocycles. The number of rotatable bonds is 4. The van der Waals surface area contributed by atoms with Gasteiger partial charge in [-0.05, 0) is 25.0 Å². The maximum atomic E-state index is 5.45. The molecule has 0 radical (unpaired) electrons. The number of halogens is 2. The van der Waals surface area contributed by atoms with Gasteiger partial charge in [-0.25, -0.2) is 0 Å². The van der Waals surface area contributed by atoms with Crippen LogP contribution in [0.3, 0.4) is 0 Å². The molecule has 8 heavy (non-hydrogen) atoms. The van der Waals surface area contributed by atoms with Crippen LogP contribution in [0.5, 0.6) is 0 Å². The van der Waals surface area contributed by atoms with Gasteiger partial charge in [-0.15, -0.1) is 23.2 Å². The van der Waals surface area contributed by atoms with E-state index in [2.05, 4.69) is 12.6 Å². The van der Waals surface area contributed by atoms with Crippen molar-refractivity contribution in [2.24, 2.45) is 0 Å². The first kappa shape index (κ1) is 8.93. The van der Waals surface area contributed by atoms with Gasteiger partial charge in [-0.3, -0.25) is 0 Å². The monoisotopic (exact) mass is 172 g/mol. The summed E-state index contributed by atoms with van der Waals surface area (Å²) < 4.78 is 0. The number of hydrogen-bond acceptors (Lipinski definition) is 1. The van der Waals surface area contributed by atoms with Crippen LogP contribution < -0.4 is 0 Å². The van der Waals surface area contributed by atoms with Crippen LogP contribution in [0.4, 0.5) is 0 Å². The Morgan fingerprint density at radius 3 is 2.25 bits per heavy atom. The molecule has 0 fully saturated rings. The molecule has 0 nitrogen and oxygen atoms in total. The van der Waals surface area contributed by atoms with Crippen LogP contribution in [0.1, 0.15) is 19.3 Å². The Bertz CT molecular complexity index is 47.7. The number of alkyl halides is 2. The second kappa shape index (κ2) is 6.06. The van der Waals surface area contributed by atoms with Crippen LogP contribution in [0.15, 0.2) is 0 Å². The maximum Gasteiger partial charge on any atom is 0.107 e. The molecule has 0 spiro atoms. The zero-order valence-corrected chi connectivity index (χ0v) is 7.02. The second-order valence-electron chi connectivity index (χ2n) is 1.61. The van der Waals surface area contributed by atoms with Crippen LogP contribution in [-0.4, -0.2) is 10.6 Å². The topological polar surface area (TPSA) is 0 Å². The molecular weight excluding hydrogens is 163 g/mol. The third-order valence-electron chi connectivity index (χ3n) is 0.830. The molecule has 0 rings (SSSR count). The van der Waals surface area contributed by atoms with E-state index in [1.807, 2.05) is 0 Å². The Balaban J connectivity index is 2.72. The molecule has 0 aliphatic rings. The van der Waals surface area contributed by atoms with Crippen molar-refractivity contribution in [3.63, 3.8) is 0 Å². The standard InChI is InChI=1S/C5H10Cl2S/c6-5(7)3-1-2-4-8/h5,8H,1-4H2. The summed E-state index contributed by atoms with van der Waals surface area (Å²) in [6.07, 6.45) is 3.09. The van der Waals surface area contributed by atoms with E-state index in [1.165, 1.54) is 0 Å². The molecule has 50 valence electrons. The molecule has 0 aliphatic carbocycles. The lowest BCUT2D eigenvalue weighted by molar-refractivity contribution is 0.764. The van der Waals surface area contributed by atoms with E-state index in [9.17, 15) is 0 Å². The van der Waals surface area contributed by atoms with Crippen molar-refractivity contribution in [3.05, 3.63) is 0 Å². The molecule has 0 aromatic heterocycles. The van der Waals surface area contributed by atoms with Crippen LogP contribution in [0.25, 0.3) is 0 Å². The van der Waals surface area contributed by atoms with Crippen LogP contribution in [0.2, 0.25) is 0 Å². The summed E-state index contributed by atoms with van der Waals surface area (Å²) in [6.45, 7) is 0. The lowest BCUT2D eigenvalue weighted by Crippen LogP contribution is -1.86. The third kappa shape index (κ3) is 6.93. The van der Waals surface area contributed by atoms with E-state index in [-0.39, 0.29) is 4.84 Å². The minimum atomic E-state index is -0.185. The smallest absolute Gasteiger partial charge is 0.107 e. The molecule has 0 atom stereocenters. The van der Waals surface area contributed by atoms with E-state index >= 15 is 0 Å². The van der Waals surface area contributed by atoms with Crippen molar-refractivity contribution in [1.29, 1.82) is 0 Å². The van der Waals surface area contributed by atoms with Gasteiger partial charge in [0.05, 0.1) is 0 Å². The average Bonchev–Trinajstić information content (AvgIpc) is 1.66. The van der Waals surface area contributed by atoms with Gasteiger partial charge in [0, 0.05) is 0 Å². The SMILES string of the molecule is SCCCCC(Cl)Cl. The number of unbranched alkanes of at least 4 members (excludes halogenated alkanes) is 1. The predicted molar refractivity (Wildman–Crippen MR) is 43.2 cm³/mol. The maximum absolute atomic E-state index is 5.45. The molecular formula is C5H10Cl2S. The minimum absolute atomic E-state index is 0.185. The van der Waals surface area contributed by atoms with Gasteiger partial charge >= 0.3 is 0 Å². The fourth-order valence-electron chi connectivity index (χ4n) is 0.410. The van der Waals surface area contributed by atoms with E-state index < -0.39 is 0 Å². The molecule has 0 N–H and O–H groups in total. The van der Waals surface area contributed by atoms with Crippen molar-refractivity contribution in [2.75, 3.05) is 5.75 Å². The van der Waals surface area contributed by atoms with Gasteiger partial charge in [0.15, 0.2) is 0 Å². The van der Waals surface area contributed by atoms with E-state index in [4.69, 9.17) is 23.2 Å². The molecule has 0 saturated heterocycles.